The number of nitrogen functional groups attached to an aromatic ring is 1. The molecule has 1 aromatic carbocycles. The first kappa shape index (κ1) is 14.2. The van der Waals surface area contributed by atoms with Crippen LogP contribution in [0.25, 0.3) is 0 Å². The summed E-state index contributed by atoms with van der Waals surface area (Å²) < 4.78 is 26.2. The highest BCUT2D eigenvalue weighted by atomic mass is 32.2. The van der Waals surface area contributed by atoms with Crippen LogP contribution in [0.2, 0.25) is 0 Å². The maximum absolute atomic E-state index is 12.5. The molecule has 0 aliphatic carbocycles. The van der Waals surface area contributed by atoms with Crippen molar-refractivity contribution in [2.45, 2.75) is 11.8 Å². The van der Waals surface area contributed by atoms with E-state index in [2.05, 4.69) is 15.4 Å². The Labute approximate surface area is 117 Å². The second-order valence-corrected chi connectivity index (χ2v) is 6.11. The van der Waals surface area contributed by atoms with E-state index in [0.717, 1.165) is 5.56 Å². The predicted octanol–water partition coefficient (Wildman–Crippen LogP) is 0.896. The van der Waals surface area contributed by atoms with E-state index in [9.17, 15) is 8.42 Å². The Kier molecular flexibility index (Phi) is 3.86. The number of hydrazine groups is 1. The fraction of sp³-hybridized carbons (Fsp3) is 0.167. The van der Waals surface area contributed by atoms with Crippen LogP contribution in [0.3, 0.4) is 0 Å². The SMILES string of the molecule is Cc1ccccc1N(C)S(=O)(=O)c1cnc(NN)nc1. The summed E-state index contributed by atoms with van der Waals surface area (Å²) in [6.45, 7) is 1.85. The molecule has 0 bridgehead atoms. The summed E-state index contributed by atoms with van der Waals surface area (Å²) in [6.07, 6.45) is 2.43. The molecule has 7 nitrogen and oxygen atoms in total. The Morgan fingerprint density at radius 1 is 1.20 bits per heavy atom. The number of sulfonamides is 1. The van der Waals surface area contributed by atoms with Crippen LogP contribution < -0.4 is 15.6 Å². The number of nitrogens with zero attached hydrogens (tertiary/aromatic N) is 3. The van der Waals surface area contributed by atoms with E-state index in [4.69, 9.17) is 5.84 Å². The van der Waals surface area contributed by atoms with Gasteiger partial charge < -0.3 is 0 Å². The molecule has 0 unspecified atom stereocenters. The number of aryl methyl sites for hydroxylation is 1. The van der Waals surface area contributed by atoms with Crippen LogP contribution in [-0.2, 0) is 10.0 Å². The molecule has 0 fully saturated rings. The van der Waals surface area contributed by atoms with Crippen molar-refractivity contribution in [3.05, 3.63) is 42.2 Å². The first-order valence-corrected chi connectivity index (χ1v) is 7.24. The van der Waals surface area contributed by atoms with Gasteiger partial charge in [-0.1, -0.05) is 18.2 Å². The Hall–Kier alpha value is -2.19. The van der Waals surface area contributed by atoms with Gasteiger partial charge in [-0.3, -0.25) is 9.73 Å². The summed E-state index contributed by atoms with van der Waals surface area (Å²) in [5.74, 6) is 5.30. The molecule has 1 aromatic heterocycles. The van der Waals surface area contributed by atoms with E-state index >= 15 is 0 Å². The molecule has 2 aromatic rings. The first-order valence-electron chi connectivity index (χ1n) is 5.80. The van der Waals surface area contributed by atoms with Crippen LogP contribution in [0.15, 0.2) is 41.6 Å². The van der Waals surface area contributed by atoms with E-state index in [0.29, 0.717) is 5.69 Å². The van der Waals surface area contributed by atoms with Gasteiger partial charge in [-0.05, 0) is 18.6 Å². The third kappa shape index (κ3) is 2.56. The third-order valence-electron chi connectivity index (χ3n) is 2.87. The minimum absolute atomic E-state index is 0.00209. The van der Waals surface area contributed by atoms with Crippen LogP contribution in [-0.4, -0.2) is 25.4 Å². The summed E-state index contributed by atoms with van der Waals surface area (Å²) in [5, 5.41) is 0. The Balaban J connectivity index is 2.41. The van der Waals surface area contributed by atoms with E-state index in [1.54, 1.807) is 12.1 Å². The molecule has 0 amide bonds. The summed E-state index contributed by atoms with van der Waals surface area (Å²) in [5.41, 5.74) is 3.71. The van der Waals surface area contributed by atoms with Crippen LogP contribution in [0.4, 0.5) is 11.6 Å². The monoisotopic (exact) mass is 293 g/mol. The molecule has 0 aliphatic rings. The number of nitrogens with two attached hydrogens (primary N) is 1. The van der Waals surface area contributed by atoms with Gasteiger partial charge >= 0.3 is 0 Å². The van der Waals surface area contributed by atoms with Gasteiger partial charge in [-0.25, -0.2) is 24.2 Å². The van der Waals surface area contributed by atoms with E-state index in [-0.39, 0.29) is 10.8 Å². The molecule has 0 radical (unpaired) electrons. The van der Waals surface area contributed by atoms with E-state index < -0.39 is 10.0 Å². The molecule has 3 N–H and O–H groups in total. The van der Waals surface area contributed by atoms with Crippen molar-refractivity contribution in [2.24, 2.45) is 5.84 Å². The van der Waals surface area contributed by atoms with Crippen molar-refractivity contribution in [1.82, 2.24) is 9.97 Å². The van der Waals surface area contributed by atoms with Crippen molar-refractivity contribution < 1.29 is 8.42 Å². The molecular weight excluding hydrogens is 278 g/mol. The number of anilines is 2. The maximum atomic E-state index is 12.5. The fourth-order valence-corrected chi connectivity index (χ4v) is 2.88. The van der Waals surface area contributed by atoms with Crippen LogP contribution in [0.5, 0.6) is 0 Å². The average molecular weight is 293 g/mol. The normalized spacial score (nSPS) is 11.2. The van der Waals surface area contributed by atoms with Crippen LogP contribution >= 0.6 is 0 Å². The second kappa shape index (κ2) is 5.43. The lowest BCUT2D eigenvalue weighted by molar-refractivity contribution is 0.593. The number of aromatic nitrogens is 2. The molecule has 8 heteroatoms. The number of rotatable bonds is 4. The first-order chi connectivity index (χ1) is 9.46. The highest BCUT2D eigenvalue weighted by molar-refractivity contribution is 7.92. The van der Waals surface area contributed by atoms with Gasteiger partial charge in [-0.2, -0.15) is 0 Å². The largest absolute Gasteiger partial charge is 0.292 e. The topological polar surface area (TPSA) is 101 Å². The lowest BCUT2D eigenvalue weighted by atomic mass is 10.2. The van der Waals surface area contributed by atoms with Gasteiger partial charge in [0.15, 0.2) is 0 Å². The maximum Gasteiger partial charge on any atom is 0.267 e. The fourth-order valence-electron chi connectivity index (χ4n) is 1.73. The smallest absolute Gasteiger partial charge is 0.267 e. The van der Waals surface area contributed by atoms with Gasteiger partial charge in [0, 0.05) is 7.05 Å². The van der Waals surface area contributed by atoms with Crippen LogP contribution in [0.1, 0.15) is 5.56 Å². The van der Waals surface area contributed by atoms with Gasteiger partial charge in [0.2, 0.25) is 5.95 Å². The highest BCUT2D eigenvalue weighted by Gasteiger charge is 2.23. The van der Waals surface area contributed by atoms with Crippen molar-refractivity contribution in [2.75, 3.05) is 16.8 Å². The van der Waals surface area contributed by atoms with E-state index in [1.807, 2.05) is 19.1 Å². The Morgan fingerprint density at radius 2 is 1.80 bits per heavy atom. The predicted molar refractivity (Wildman–Crippen MR) is 76.6 cm³/mol. The van der Waals surface area contributed by atoms with Gasteiger partial charge in [0.25, 0.3) is 10.0 Å². The van der Waals surface area contributed by atoms with Crippen molar-refractivity contribution >= 4 is 21.7 Å². The molecule has 0 atom stereocenters. The Bertz CT molecular complexity index is 700. The van der Waals surface area contributed by atoms with Gasteiger partial charge in [0.05, 0.1) is 18.1 Å². The summed E-state index contributed by atoms with van der Waals surface area (Å²) in [7, 11) is -2.21. The second-order valence-electron chi connectivity index (χ2n) is 4.15. The van der Waals surface area contributed by atoms with Crippen molar-refractivity contribution in [1.29, 1.82) is 0 Å². The lowest BCUT2D eigenvalue weighted by Crippen LogP contribution is -2.27. The van der Waals surface area contributed by atoms with Crippen molar-refractivity contribution in [3.8, 4) is 0 Å². The number of hydrogen-bond donors (Lipinski definition) is 2. The Morgan fingerprint density at radius 3 is 2.35 bits per heavy atom. The number of benzene rings is 1. The number of para-hydroxylation sites is 1. The summed E-state index contributed by atoms with van der Waals surface area (Å²) in [4.78, 5) is 7.62. The number of nitrogens with one attached hydrogen (secondary N) is 1. The molecule has 0 saturated carbocycles. The van der Waals surface area contributed by atoms with Gasteiger partial charge in [0.1, 0.15) is 4.90 Å². The molecule has 1 heterocycles. The van der Waals surface area contributed by atoms with E-state index in [1.165, 1.54) is 23.7 Å². The molecule has 106 valence electrons. The minimum atomic E-state index is -3.70. The molecule has 2 rings (SSSR count). The average Bonchev–Trinajstić information content (AvgIpc) is 2.47. The number of hydrogen-bond acceptors (Lipinski definition) is 6. The zero-order valence-corrected chi connectivity index (χ0v) is 11.9. The quantitative estimate of drug-likeness (QED) is 0.641. The molecule has 0 saturated heterocycles. The zero-order chi connectivity index (χ0) is 14.8. The molecular formula is C12H15N5O2S. The molecule has 20 heavy (non-hydrogen) atoms. The zero-order valence-electron chi connectivity index (χ0n) is 11.1. The highest BCUT2D eigenvalue weighted by Crippen LogP contribution is 2.24. The molecule has 0 spiro atoms. The standard InChI is InChI=1S/C12H15N5O2S/c1-9-5-3-4-6-11(9)17(2)20(18,19)10-7-14-12(16-13)15-8-10/h3-8H,13H2,1-2H3,(H,14,15,16). The third-order valence-corrected chi connectivity index (χ3v) is 4.59. The van der Waals surface area contributed by atoms with Crippen LogP contribution in [0, 0.1) is 6.92 Å². The van der Waals surface area contributed by atoms with Crippen molar-refractivity contribution in [3.63, 3.8) is 0 Å². The molecule has 0 aliphatic heterocycles. The summed E-state index contributed by atoms with van der Waals surface area (Å²) >= 11 is 0. The summed E-state index contributed by atoms with van der Waals surface area (Å²) in [6, 6.07) is 7.22. The van der Waals surface area contributed by atoms with Gasteiger partial charge in [-0.15, -0.1) is 0 Å². The minimum Gasteiger partial charge on any atom is -0.292 e. The lowest BCUT2D eigenvalue weighted by Gasteiger charge is -2.20.